The van der Waals surface area contributed by atoms with E-state index in [1.807, 2.05) is 30.8 Å². The van der Waals surface area contributed by atoms with Crippen LogP contribution in [0.25, 0.3) is 0 Å². The van der Waals surface area contributed by atoms with E-state index in [-0.39, 0.29) is 23.7 Å². The highest BCUT2D eigenvalue weighted by molar-refractivity contribution is 5.92. The number of hydrogen-bond donors (Lipinski definition) is 2. The van der Waals surface area contributed by atoms with Crippen molar-refractivity contribution in [1.29, 1.82) is 0 Å². The van der Waals surface area contributed by atoms with Crippen LogP contribution in [0.1, 0.15) is 55.1 Å². The van der Waals surface area contributed by atoms with Crippen molar-refractivity contribution < 1.29 is 18.7 Å². The minimum Gasteiger partial charge on any atom is -0.390 e. The lowest BCUT2D eigenvalue weighted by molar-refractivity contribution is -0.136. The topological polar surface area (TPSA) is 84.8 Å². The van der Waals surface area contributed by atoms with E-state index in [4.69, 9.17) is 0 Å². The van der Waals surface area contributed by atoms with E-state index in [0.29, 0.717) is 61.1 Å². The van der Waals surface area contributed by atoms with Gasteiger partial charge in [-0.15, -0.1) is 0 Å². The molecule has 0 radical (unpaired) electrons. The summed E-state index contributed by atoms with van der Waals surface area (Å²) in [6.45, 7) is 3.70. The Morgan fingerprint density at radius 3 is 2.46 bits per heavy atom. The molecule has 8 nitrogen and oxygen atoms in total. The number of halogens is 2. The van der Waals surface area contributed by atoms with E-state index in [1.54, 1.807) is 17.2 Å². The minimum absolute atomic E-state index is 0.00150. The first kappa shape index (κ1) is 26.4. The van der Waals surface area contributed by atoms with Gasteiger partial charge >= 0.3 is 0 Å². The summed E-state index contributed by atoms with van der Waals surface area (Å²) in [6.07, 6.45) is 6.17. The zero-order chi connectivity index (χ0) is 27.5. The Morgan fingerprint density at radius 1 is 1.15 bits per heavy atom. The van der Waals surface area contributed by atoms with Crippen LogP contribution >= 0.6 is 0 Å². The maximum absolute atomic E-state index is 15.0. The smallest absolute Gasteiger partial charge is 0.270 e. The Kier molecular flexibility index (Phi) is 6.74. The average Bonchev–Trinajstić information content (AvgIpc) is 2.84. The lowest BCUT2D eigenvalue weighted by atomic mass is 9.52. The molecular formula is C29H38F2N6O2. The second-order valence-electron chi connectivity index (χ2n) is 12.6. The Hall–Kier alpha value is -2.85. The predicted molar refractivity (Wildman–Crippen MR) is 145 cm³/mol. The van der Waals surface area contributed by atoms with Gasteiger partial charge in [0.05, 0.1) is 5.60 Å². The SMILES string of the molecule is CC1CN(c2c(F)cc(CN(C)C)cc2F)CCN1c1nccc(C(=O)NC2C3CC4CC2CC(O)(C4)C3)n1. The number of nitrogens with zero attached hydrogens (tertiary/aromatic N) is 5. The summed E-state index contributed by atoms with van der Waals surface area (Å²) in [5.74, 6) is 0.325. The zero-order valence-corrected chi connectivity index (χ0v) is 22.9. The van der Waals surface area contributed by atoms with Crippen LogP contribution in [0.15, 0.2) is 24.4 Å². The standard InChI is InChI=1S/C29H38F2N6O2/c1-17-15-36(26-22(30)10-19(11-23(26)31)16-35(2)3)6-7-37(17)28-32-5-4-24(33-28)27(38)34-25-20-8-18-9-21(25)14-29(39,12-18)13-20/h4-5,10-11,17-18,20-21,25,39H,6-9,12-16H2,1-3H3,(H,34,38). The number of piperazine rings is 1. The summed E-state index contributed by atoms with van der Waals surface area (Å²) in [5, 5.41) is 14.1. The number of aliphatic hydroxyl groups is 1. The number of amides is 1. The summed E-state index contributed by atoms with van der Waals surface area (Å²) < 4.78 is 29.9. The van der Waals surface area contributed by atoms with Crippen molar-refractivity contribution in [3.8, 4) is 0 Å². The molecule has 4 bridgehead atoms. The van der Waals surface area contributed by atoms with Gasteiger partial charge in [-0.3, -0.25) is 4.79 Å². The quantitative estimate of drug-likeness (QED) is 0.582. The number of anilines is 2. The van der Waals surface area contributed by atoms with Gasteiger partial charge < -0.3 is 25.1 Å². The van der Waals surface area contributed by atoms with Crippen molar-refractivity contribution >= 4 is 17.5 Å². The summed E-state index contributed by atoms with van der Waals surface area (Å²) in [5.41, 5.74) is 0.366. The molecule has 10 heteroatoms. The first-order valence-electron chi connectivity index (χ1n) is 14.1. The van der Waals surface area contributed by atoms with E-state index >= 15 is 0 Å². The van der Waals surface area contributed by atoms with Crippen LogP contribution < -0.4 is 15.1 Å². The highest BCUT2D eigenvalue weighted by atomic mass is 19.1. The monoisotopic (exact) mass is 540 g/mol. The van der Waals surface area contributed by atoms with Crippen molar-refractivity contribution in [3.63, 3.8) is 0 Å². The number of carbonyl (C=O) groups is 1. The van der Waals surface area contributed by atoms with Crippen LogP contribution in [0.5, 0.6) is 0 Å². The zero-order valence-electron chi connectivity index (χ0n) is 22.9. The van der Waals surface area contributed by atoms with Crippen molar-refractivity contribution in [2.24, 2.45) is 17.8 Å². The van der Waals surface area contributed by atoms with Gasteiger partial charge in [-0.05, 0) is 94.6 Å². The summed E-state index contributed by atoms with van der Waals surface area (Å²) in [7, 11) is 3.72. The van der Waals surface area contributed by atoms with Crippen LogP contribution in [-0.2, 0) is 6.54 Å². The van der Waals surface area contributed by atoms with Gasteiger partial charge in [-0.1, -0.05) is 0 Å². The van der Waals surface area contributed by atoms with Crippen LogP contribution in [0.2, 0.25) is 0 Å². The molecular weight excluding hydrogens is 502 g/mol. The van der Waals surface area contributed by atoms with Crippen LogP contribution in [0.3, 0.4) is 0 Å². The molecule has 5 aliphatic rings. The Morgan fingerprint density at radius 2 is 1.85 bits per heavy atom. The predicted octanol–water partition coefficient (Wildman–Crippen LogP) is 3.20. The van der Waals surface area contributed by atoms with E-state index in [9.17, 15) is 18.7 Å². The second-order valence-corrected chi connectivity index (χ2v) is 12.6. The number of carbonyl (C=O) groups excluding carboxylic acids is 1. The van der Waals surface area contributed by atoms with Crippen molar-refractivity contribution in [2.75, 3.05) is 43.5 Å². The molecule has 1 saturated heterocycles. The molecule has 1 amide bonds. The molecule has 210 valence electrons. The second kappa shape index (κ2) is 9.96. The van der Waals surface area contributed by atoms with Gasteiger partial charge in [0.2, 0.25) is 5.95 Å². The summed E-state index contributed by atoms with van der Waals surface area (Å²) >= 11 is 0. The number of hydrogen-bond acceptors (Lipinski definition) is 7. The van der Waals surface area contributed by atoms with Gasteiger partial charge in [0, 0.05) is 44.5 Å². The molecule has 4 saturated carbocycles. The highest BCUT2D eigenvalue weighted by Crippen LogP contribution is 2.55. The third kappa shape index (κ3) is 5.09. The third-order valence-corrected chi connectivity index (χ3v) is 9.19. The van der Waals surface area contributed by atoms with Crippen molar-refractivity contribution in [1.82, 2.24) is 20.2 Å². The summed E-state index contributed by atoms with van der Waals surface area (Å²) in [4.78, 5) is 27.9. The van der Waals surface area contributed by atoms with Crippen LogP contribution in [0, 0.1) is 29.4 Å². The fourth-order valence-corrected chi connectivity index (χ4v) is 7.89. The van der Waals surface area contributed by atoms with E-state index in [2.05, 4.69) is 15.3 Å². The Labute approximate surface area is 228 Å². The molecule has 1 aromatic heterocycles. The molecule has 3 atom stereocenters. The number of rotatable bonds is 6. The van der Waals surface area contributed by atoms with E-state index < -0.39 is 17.2 Å². The van der Waals surface area contributed by atoms with Crippen LogP contribution in [-0.4, -0.2) is 77.3 Å². The van der Waals surface area contributed by atoms with Gasteiger partial charge in [-0.2, -0.15) is 0 Å². The highest BCUT2D eigenvalue weighted by Gasteiger charge is 2.55. The largest absolute Gasteiger partial charge is 0.390 e. The molecule has 2 aromatic rings. The first-order chi connectivity index (χ1) is 18.6. The lowest BCUT2D eigenvalue weighted by Crippen LogP contribution is -2.61. The molecule has 3 unspecified atom stereocenters. The number of benzene rings is 1. The Balaban J connectivity index is 1.12. The molecule has 1 aliphatic heterocycles. The van der Waals surface area contributed by atoms with Gasteiger partial charge in [0.25, 0.3) is 5.91 Å². The molecule has 2 N–H and O–H groups in total. The molecule has 7 rings (SSSR count). The molecule has 2 heterocycles. The van der Waals surface area contributed by atoms with E-state index in [1.165, 1.54) is 12.1 Å². The molecule has 39 heavy (non-hydrogen) atoms. The first-order valence-corrected chi connectivity index (χ1v) is 14.1. The molecule has 4 aliphatic carbocycles. The van der Waals surface area contributed by atoms with Gasteiger partial charge in [0.15, 0.2) is 0 Å². The van der Waals surface area contributed by atoms with E-state index in [0.717, 1.165) is 32.1 Å². The van der Waals surface area contributed by atoms with Gasteiger partial charge in [-0.25, -0.2) is 18.7 Å². The normalized spacial score (nSPS) is 31.7. The minimum atomic E-state index is -0.556. The number of nitrogens with one attached hydrogen (secondary N) is 1. The van der Waals surface area contributed by atoms with Crippen molar-refractivity contribution in [3.05, 3.63) is 47.3 Å². The molecule has 5 fully saturated rings. The summed E-state index contributed by atoms with van der Waals surface area (Å²) in [6, 6.07) is 4.39. The molecule has 1 aromatic carbocycles. The Bertz CT molecular complexity index is 1220. The fourth-order valence-electron chi connectivity index (χ4n) is 7.89. The van der Waals surface area contributed by atoms with Gasteiger partial charge in [0.1, 0.15) is 23.0 Å². The lowest BCUT2D eigenvalue weighted by Gasteiger charge is -2.58. The average molecular weight is 541 g/mol. The third-order valence-electron chi connectivity index (χ3n) is 9.19. The molecule has 0 spiro atoms. The fraction of sp³-hybridized carbons (Fsp3) is 0.621. The number of aromatic nitrogens is 2. The maximum atomic E-state index is 15.0. The van der Waals surface area contributed by atoms with Crippen molar-refractivity contribution in [2.45, 2.75) is 63.3 Å². The maximum Gasteiger partial charge on any atom is 0.270 e. The van der Waals surface area contributed by atoms with Crippen LogP contribution in [0.4, 0.5) is 20.4 Å².